The van der Waals surface area contributed by atoms with Crippen LogP contribution in [-0.2, 0) is 23.8 Å². The lowest BCUT2D eigenvalue weighted by Crippen LogP contribution is -2.61. The van der Waals surface area contributed by atoms with Crippen LogP contribution in [0.25, 0.3) is 0 Å². The van der Waals surface area contributed by atoms with E-state index in [-0.39, 0.29) is 19.4 Å². The fraction of sp³-hybridized carbons (Fsp3) is 0.797. The molecular formula is C59H105NO10. The maximum absolute atomic E-state index is 13.4. The summed E-state index contributed by atoms with van der Waals surface area (Å²) in [4.78, 5) is 26.4. The summed E-state index contributed by atoms with van der Waals surface area (Å²) in [6, 6.07) is -1.03. The molecule has 1 fully saturated rings. The number of carbonyl (C=O) groups is 2. The number of ether oxygens (including phenoxy) is 3. The Labute approximate surface area is 427 Å². The number of hydrogen-bond acceptors (Lipinski definition) is 10. The highest BCUT2D eigenvalue weighted by Gasteiger charge is 2.47. The van der Waals surface area contributed by atoms with Crippen LogP contribution in [0.4, 0.5) is 0 Å². The molecular weight excluding hydrogens is 883 g/mol. The van der Waals surface area contributed by atoms with Crippen molar-refractivity contribution in [2.24, 2.45) is 0 Å². The fourth-order valence-corrected chi connectivity index (χ4v) is 8.72. The summed E-state index contributed by atoms with van der Waals surface area (Å²) < 4.78 is 17.5. The Balaban J connectivity index is 2.75. The number of esters is 1. The molecule has 0 aromatic heterocycles. The van der Waals surface area contributed by atoms with Gasteiger partial charge in [-0.25, -0.2) is 0 Å². The van der Waals surface area contributed by atoms with Gasteiger partial charge in [-0.15, -0.1) is 0 Å². The third-order valence-electron chi connectivity index (χ3n) is 13.3. The molecule has 0 bridgehead atoms. The van der Waals surface area contributed by atoms with Gasteiger partial charge >= 0.3 is 5.97 Å². The lowest BCUT2D eigenvalue weighted by Gasteiger charge is -2.41. The first-order valence-corrected chi connectivity index (χ1v) is 28.6. The molecule has 406 valence electrons. The summed E-state index contributed by atoms with van der Waals surface area (Å²) >= 11 is 0. The molecule has 0 aromatic rings. The van der Waals surface area contributed by atoms with E-state index < -0.39 is 67.4 Å². The maximum atomic E-state index is 13.4. The summed E-state index contributed by atoms with van der Waals surface area (Å²) in [6.45, 7) is 5.61. The fourth-order valence-electron chi connectivity index (χ4n) is 8.72. The van der Waals surface area contributed by atoms with Crippen LogP contribution in [0.2, 0.25) is 0 Å². The van der Waals surface area contributed by atoms with Gasteiger partial charge in [-0.2, -0.15) is 0 Å². The van der Waals surface area contributed by atoms with Crippen molar-refractivity contribution in [2.45, 2.75) is 288 Å². The summed E-state index contributed by atoms with van der Waals surface area (Å²) in [5, 5.41) is 56.8. The smallest absolute Gasteiger partial charge is 0.306 e. The minimum absolute atomic E-state index is 0.0771. The van der Waals surface area contributed by atoms with Gasteiger partial charge in [-0.1, -0.05) is 248 Å². The Morgan fingerprint density at radius 1 is 0.571 bits per heavy atom. The van der Waals surface area contributed by atoms with Crippen molar-refractivity contribution in [1.29, 1.82) is 0 Å². The molecule has 0 spiro atoms. The van der Waals surface area contributed by atoms with E-state index >= 15 is 0 Å². The highest BCUT2D eigenvalue weighted by Crippen LogP contribution is 2.26. The second kappa shape index (κ2) is 47.4. The molecule has 1 rings (SSSR count). The van der Waals surface area contributed by atoms with E-state index in [1.165, 1.54) is 128 Å². The molecule has 1 amide bonds. The topological polar surface area (TPSA) is 175 Å². The molecule has 0 aliphatic carbocycles. The minimum Gasteiger partial charge on any atom is -0.454 e. The van der Waals surface area contributed by atoms with Crippen molar-refractivity contribution < 1.29 is 49.3 Å². The van der Waals surface area contributed by atoms with Gasteiger partial charge in [0.15, 0.2) is 12.4 Å². The molecule has 1 heterocycles. The number of amides is 1. The van der Waals surface area contributed by atoms with Crippen molar-refractivity contribution in [3.05, 3.63) is 60.8 Å². The third kappa shape index (κ3) is 35.5. The van der Waals surface area contributed by atoms with E-state index in [1.54, 1.807) is 6.08 Å². The van der Waals surface area contributed by atoms with Gasteiger partial charge in [0.25, 0.3) is 0 Å². The van der Waals surface area contributed by atoms with Crippen molar-refractivity contribution >= 4 is 11.9 Å². The van der Waals surface area contributed by atoms with Gasteiger partial charge in [0, 0.05) is 6.42 Å². The highest BCUT2D eigenvalue weighted by atomic mass is 16.7. The maximum Gasteiger partial charge on any atom is 0.306 e. The Bertz CT molecular complexity index is 1370. The number of aliphatic hydroxyl groups is 5. The largest absolute Gasteiger partial charge is 0.454 e. The number of unbranched alkanes of at least 4 members (excludes halogenated alkanes) is 28. The summed E-state index contributed by atoms with van der Waals surface area (Å²) in [5.74, 6) is -1.23. The predicted octanol–water partition coefficient (Wildman–Crippen LogP) is 12.7. The number of allylic oxidation sites excluding steroid dienone is 9. The molecule has 6 N–H and O–H groups in total. The number of rotatable bonds is 47. The zero-order valence-electron chi connectivity index (χ0n) is 44.6. The normalized spacial score (nSPS) is 20.1. The Morgan fingerprint density at radius 2 is 1.03 bits per heavy atom. The second-order valence-electron chi connectivity index (χ2n) is 19.7. The molecule has 1 saturated heterocycles. The van der Waals surface area contributed by atoms with E-state index in [1.807, 2.05) is 42.5 Å². The van der Waals surface area contributed by atoms with Crippen molar-refractivity contribution in [1.82, 2.24) is 5.32 Å². The van der Waals surface area contributed by atoms with Crippen molar-refractivity contribution in [3.8, 4) is 0 Å². The van der Waals surface area contributed by atoms with Crippen LogP contribution in [0, 0.1) is 0 Å². The van der Waals surface area contributed by atoms with Gasteiger partial charge in [-0.3, -0.25) is 9.59 Å². The predicted molar refractivity (Wildman–Crippen MR) is 287 cm³/mol. The van der Waals surface area contributed by atoms with E-state index in [0.717, 1.165) is 64.2 Å². The standard InChI is InChI=1S/C59H105NO10/c1-4-7-10-13-16-19-22-25-26-27-29-31-34-37-40-43-46-52(63)58(67)60-50(51(62)45-42-39-36-33-30-24-21-18-15-12-9-6-3)49-68-59-57(56(66)55(65)53(48-61)69-59)70-54(64)47-44-41-38-35-32-28-23-20-17-14-11-8-5-2/h8,11,14,17,20,23,28,32,42,45,50-53,55-57,59,61-63,65-66H,4-7,9-10,12-13,15-16,18-19,21-22,24-27,29-31,33-41,43-44,46-49H2,1-3H3,(H,60,67)/b11-8+,17-14+,23-20-,32-28-,45-42+. The molecule has 8 atom stereocenters. The number of hydrogen-bond donors (Lipinski definition) is 6. The molecule has 1 aliphatic heterocycles. The summed E-state index contributed by atoms with van der Waals surface area (Å²) in [5.41, 5.74) is 0. The molecule has 11 nitrogen and oxygen atoms in total. The van der Waals surface area contributed by atoms with Crippen LogP contribution in [0.15, 0.2) is 60.8 Å². The minimum atomic E-state index is -1.63. The van der Waals surface area contributed by atoms with Crippen LogP contribution in [0.5, 0.6) is 0 Å². The Morgan fingerprint density at radius 3 is 1.54 bits per heavy atom. The zero-order valence-corrected chi connectivity index (χ0v) is 44.6. The average molecular weight is 988 g/mol. The van der Waals surface area contributed by atoms with Crippen molar-refractivity contribution in [3.63, 3.8) is 0 Å². The monoisotopic (exact) mass is 988 g/mol. The first-order valence-electron chi connectivity index (χ1n) is 28.6. The van der Waals surface area contributed by atoms with Crippen molar-refractivity contribution in [2.75, 3.05) is 13.2 Å². The molecule has 11 heteroatoms. The lowest BCUT2D eigenvalue weighted by atomic mass is 9.99. The lowest BCUT2D eigenvalue weighted by molar-refractivity contribution is -0.305. The second-order valence-corrected chi connectivity index (χ2v) is 19.7. The van der Waals surface area contributed by atoms with Gasteiger partial charge in [-0.05, 0) is 44.9 Å². The molecule has 70 heavy (non-hydrogen) atoms. The Hall–Kier alpha value is -2.64. The molecule has 1 aliphatic rings. The van der Waals surface area contributed by atoms with Crippen LogP contribution < -0.4 is 5.32 Å². The first-order chi connectivity index (χ1) is 34.2. The molecule has 0 aromatic carbocycles. The third-order valence-corrected chi connectivity index (χ3v) is 13.3. The van der Waals surface area contributed by atoms with E-state index in [4.69, 9.17) is 14.2 Å². The SMILES string of the molecule is CC/C=C/C=C/C=C\C=C/CCCCCC(=O)OC1C(OCC(NC(=O)C(O)CCCCCCCCCCCCCCCCCC)C(O)/C=C/CCCCCCCCCCCC)OC(CO)C(O)C1O. The number of nitrogens with one attached hydrogen (secondary N) is 1. The summed E-state index contributed by atoms with van der Waals surface area (Å²) in [7, 11) is 0. The van der Waals surface area contributed by atoms with Crippen LogP contribution >= 0.6 is 0 Å². The first kappa shape index (κ1) is 65.4. The average Bonchev–Trinajstić information content (AvgIpc) is 3.36. The summed E-state index contributed by atoms with van der Waals surface area (Å²) in [6.07, 6.45) is 47.0. The van der Waals surface area contributed by atoms with E-state index in [2.05, 4.69) is 38.2 Å². The highest BCUT2D eigenvalue weighted by molar-refractivity contribution is 5.80. The van der Waals surface area contributed by atoms with Gasteiger partial charge in [0.2, 0.25) is 5.91 Å². The quantitative estimate of drug-likeness (QED) is 0.0149. The molecule has 8 unspecified atom stereocenters. The number of aliphatic hydroxyl groups excluding tert-OH is 5. The van der Waals surface area contributed by atoms with Crippen LogP contribution in [0.3, 0.4) is 0 Å². The molecule has 0 saturated carbocycles. The zero-order chi connectivity index (χ0) is 51.1. The van der Waals surface area contributed by atoms with Gasteiger partial charge < -0.3 is 45.1 Å². The van der Waals surface area contributed by atoms with E-state index in [9.17, 15) is 35.1 Å². The van der Waals surface area contributed by atoms with Crippen LogP contribution in [0.1, 0.15) is 239 Å². The van der Waals surface area contributed by atoms with Gasteiger partial charge in [0.05, 0.1) is 25.4 Å². The number of carbonyl (C=O) groups excluding carboxylic acids is 2. The molecule has 0 radical (unpaired) electrons. The van der Waals surface area contributed by atoms with E-state index in [0.29, 0.717) is 12.8 Å². The van der Waals surface area contributed by atoms with Crippen LogP contribution in [-0.4, -0.2) is 99.6 Å². The van der Waals surface area contributed by atoms with Gasteiger partial charge in [0.1, 0.15) is 24.4 Å². The Kier molecular flexibility index (Phi) is 44.2.